The van der Waals surface area contributed by atoms with Gasteiger partial charge in [-0.05, 0) is 27.2 Å². The summed E-state index contributed by atoms with van der Waals surface area (Å²) in [6.07, 6.45) is 0.947. The zero-order valence-electron chi connectivity index (χ0n) is 9.05. The van der Waals surface area contributed by atoms with Crippen molar-refractivity contribution in [2.75, 3.05) is 0 Å². The van der Waals surface area contributed by atoms with E-state index < -0.39 is 0 Å². The van der Waals surface area contributed by atoms with E-state index in [0.717, 1.165) is 22.0 Å². The summed E-state index contributed by atoms with van der Waals surface area (Å²) in [6, 6.07) is 0.226. The number of hydrogen-bond donors (Lipinski definition) is 1. The monoisotopic (exact) mass is 212 g/mol. The van der Waals surface area contributed by atoms with Gasteiger partial charge in [0.1, 0.15) is 4.88 Å². The fourth-order valence-corrected chi connectivity index (χ4v) is 1.96. The third kappa shape index (κ3) is 2.54. The molecule has 78 valence electrons. The van der Waals surface area contributed by atoms with Crippen LogP contribution in [0.1, 0.15) is 40.6 Å². The van der Waals surface area contributed by atoms with Crippen LogP contribution in [0.5, 0.6) is 0 Å². The molecular weight excluding hydrogens is 196 g/mol. The molecule has 0 spiro atoms. The van der Waals surface area contributed by atoms with Crippen molar-refractivity contribution in [3.8, 4) is 0 Å². The van der Waals surface area contributed by atoms with Gasteiger partial charge in [-0.25, -0.2) is 4.98 Å². The molecule has 0 bridgehead atoms. The van der Waals surface area contributed by atoms with Crippen molar-refractivity contribution in [2.45, 2.75) is 40.2 Å². The number of aromatic nitrogens is 1. The SMILES string of the molecule is CC[C@@H](C)NC(=O)c1sc(C)nc1C. The molecule has 0 aliphatic heterocycles. The number of carbonyl (C=O) groups excluding carboxylic acids is 1. The van der Waals surface area contributed by atoms with Crippen molar-refractivity contribution in [1.29, 1.82) is 0 Å². The Morgan fingerprint density at radius 3 is 2.64 bits per heavy atom. The highest BCUT2D eigenvalue weighted by molar-refractivity contribution is 7.13. The topological polar surface area (TPSA) is 42.0 Å². The highest BCUT2D eigenvalue weighted by Gasteiger charge is 2.14. The molecule has 1 N–H and O–H groups in total. The fraction of sp³-hybridized carbons (Fsp3) is 0.600. The molecule has 3 nitrogen and oxygen atoms in total. The van der Waals surface area contributed by atoms with Crippen molar-refractivity contribution < 1.29 is 4.79 Å². The molecular formula is C10H16N2OS. The van der Waals surface area contributed by atoms with E-state index in [1.165, 1.54) is 11.3 Å². The van der Waals surface area contributed by atoms with Crippen LogP contribution in [0.25, 0.3) is 0 Å². The maximum atomic E-state index is 11.7. The maximum absolute atomic E-state index is 11.7. The van der Waals surface area contributed by atoms with Gasteiger partial charge in [0.05, 0.1) is 10.7 Å². The van der Waals surface area contributed by atoms with Crippen LogP contribution < -0.4 is 5.32 Å². The van der Waals surface area contributed by atoms with Crippen molar-refractivity contribution in [3.05, 3.63) is 15.6 Å². The third-order valence-corrected chi connectivity index (χ3v) is 3.17. The minimum absolute atomic E-state index is 0.00227. The van der Waals surface area contributed by atoms with Gasteiger partial charge in [0.15, 0.2) is 0 Å². The zero-order chi connectivity index (χ0) is 10.7. The number of amides is 1. The van der Waals surface area contributed by atoms with E-state index in [1.54, 1.807) is 0 Å². The molecule has 0 aliphatic rings. The van der Waals surface area contributed by atoms with Crippen molar-refractivity contribution in [2.24, 2.45) is 0 Å². The Bertz CT molecular complexity index is 333. The smallest absolute Gasteiger partial charge is 0.263 e. The first-order valence-electron chi connectivity index (χ1n) is 4.79. The molecule has 1 aromatic rings. The summed E-state index contributed by atoms with van der Waals surface area (Å²) in [7, 11) is 0. The Hall–Kier alpha value is -0.900. The molecule has 1 atom stereocenters. The largest absolute Gasteiger partial charge is 0.349 e. The van der Waals surface area contributed by atoms with E-state index in [2.05, 4.69) is 17.2 Å². The van der Waals surface area contributed by atoms with Crippen LogP contribution in [-0.4, -0.2) is 16.9 Å². The highest BCUT2D eigenvalue weighted by atomic mass is 32.1. The van der Waals surface area contributed by atoms with E-state index in [1.807, 2.05) is 20.8 Å². The second-order valence-corrected chi connectivity index (χ2v) is 4.63. The Balaban J connectivity index is 2.74. The molecule has 1 aromatic heterocycles. The molecule has 0 radical (unpaired) electrons. The van der Waals surface area contributed by atoms with Gasteiger partial charge >= 0.3 is 0 Å². The summed E-state index contributed by atoms with van der Waals surface area (Å²) in [5, 5.41) is 3.87. The van der Waals surface area contributed by atoms with Gasteiger partial charge in [0, 0.05) is 6.04 Å². The second-order valence-electron chi connectivity index (χ2n) is 3.43. The average molecular weight is 212 g/mol. The van der Waals surface area contributed by atoms with Crippen LogP contribution in [0.3, 0.4) is 0 Å². The summed E-state index contributed by atoms with van der Waals surface area (Å²) >= 11 is 1.45. The first kappa shape index (κ1) is 11.2. The number of thiazole rings is 1. The molecule has 14 heavy (non-hydrogen) atoms. The van der Waals surface area contributed by atoms with E-state index in [-0.39, 0.29) is 11.9 Å². The summed E-state index contributed by atoms with van der Waals surface area (Å²) in [5.41, 5.74) is 0.827. The van der Waals surface area contributed by atoms with E-state index in [9.17, 15) is 4.79 Å². The lowest BCUT2D eigenvalue weighted by molar-refractivity contribution is 0.0942. The molecule has 1 heterocycles. The van der Waals surface area contributed by atoms with Gasteiger partial charge in [0.2, 0.25) is 0 Å². The van der Waals surface area contributed by atoms with Crippen molar-refractivity contribution in [3.63, 3.8) is 0 Å². The van der Waals surface area contributed by atoms with E-state index in [0.29, 0.717) is 0 Å². The third-order valence-electron chi connectivity index (χ3n) is 2.10. The number of nitrogens with one attached hydrogen (secondary N) is 1. The first-order valence-corrected chi connectivity index (χ1v) is 5.61. The van der Waals surface area contributed by atoms with E-state index in [4.69, 9.17) is 0 Å². The van der Waals surface area contributed by atoms with Crippen LogP contribution in [0.4, 0.5) is 0 Å². The van der Waals surface area contributed by atoms with Gasteiger partial charge < -0.3 is 5.32 Å². The lowest BCUT2D eigenvalue weighted by Crippen LogP contribution is -2.31. The highest BCUT2D eigenvalue weighted by Crippen LogP contribution is 2.16. The Morgan fingerprint density at radius 1 is 1.57 bits per heavy atom. The van der Waals surface area contributed by atoms with Crippen LogP contribution in [0.15, 0.2) is 0 Å². The molecule has 0 unspecified atom stereocenters. The molecule has 4 heteroatoms. The zero-order valence-corrected chi connectivity index (χ0v) is 9.86. The van der Waals surface area contributed by atoms with E-state index >= 15 is 0 Å². The maximum Gasteiger partial charge on any atom is 0.263 e. The van der Waals surface area contributed by atoms with Crippen LogP contribution in [0.2, 0.25) is 0 Å². The summed E-state index contributed by atoms with van der Waals surface area (Å²) < 4.78 is 0. The second kappa shape index (κ2) is 4.55. The first-order chi connectivity index (χ1) is 6.54. The number of hydrogen-bond acceptors (Lipinski definition) is 3. The average Bonchev–Trinajstić information content (AvgIpc) is 2.45. The normalized spacial score (nSPS) is 12.6. The summed E-state index contributed by atoms with van der Waals surface area (Å²) in [5.74, 6) is 0.00227. The quantitative estimate of drug-likeness (QED) is 0.835. The fourth-order valence-electron chi connectivity index (χ4n) is 1.13. The lowest BCUT2D eigenvalue weighted by Gasteiger charge is -2.09. The standard InChI is InChI=1S/C10H16N2OS/c1-5-6(2)11-10(13)9-7(3)12-8(4)14-9/h6H,5H2,1-4H3,(H,11,13)/t6-/m1/s1. The molecule has 0 saturated heterocycles. The molecule has 0 aromatic carbocycles. The van der Waals surface area contributed by atoms with Crippen molar-refractivity contribution >= 4 is 17.2 Å². The minimum atomic E-state index is 0.00227. The summed E-state index contributed by atoms with van der Waals surface area (Å²) in [4.78, 5) is 16.7. The number of carbonyl (C=O) groups is 1. The minimum Gasteiger partial charge on any atom is -0.349 e. The molecule has 1 rings (SSSR count). The molecule has 0 fully saturated rings. The van der Waals surface area contributed by atoms with Crippen LogP contribution in [0, 0.1) is 13.8 Å². The van der Waals surface area contributed by atoms with Gasteiger partial charge in [-0.1, -0.05) is 6.92 Å². The molecule has 0 aliphatic carbocycles. The predicted octanol–water partition coefficient (Wildman–Crippen LogP) is 2.29. The van der Waals surface area contributed by atoms with Crippen LogP contribution >= 0.6 is 11.3 Å². The molecule has 1 amide bonds. The van der Waals surface area contributed by atoms with Gasteiger partial charge in [-0.2, -0.15) is 0 Å². The summed E-state index contributed by atoms with van der Waals surface area (Å²) in [6.45, 7) is 7.84. The number of aryl methyl sites for hydroxylation is 2. The lowest BCUT2D eigenvalue weighted by atomic mass is 10.2. The predicted molar refractivity (Wildman–Crippen MR) is 58.8 cm³/mol. The Morgan fingerprint density at radius 2 is 2.21 bits per heavy atom. The van der Waals surface area contributed by atoms with Gasteiger partial charge in [-0.15, -0.1) is 11.3 Å². The van der Waals surface area contributed by atoms with Gasteiger partial charge in [0.25, 0.3) is 5.91 Å². The van der Waals surface area contributed by atoms with Crippen molar-refractivity contribution in [1.82, 2.24) is 10.3 Å². The molecule has 0 saturated carbocycles. The number of nitrogens with zero attached hydrogens (tertiary/aromatic N) is 1. The number of rotatable bonds is 3. The van der Waals surface area contributed by atoms with Gasteiger partial charge in [-0.3, -0.25) is 4.79 Å². The Kier molecular flexibility index (Phi) is 3.63. The Labute approximate surface area is 88.6 Å². The van der Waals surface area contributed by atoms with Crippen LogP contribution in [-0.2, 0) is 0 Å².